The summed E-state index contributed by atoms with van der Waals surface area (Å²) in [5.41, 5.74) is 6.64. The summed E-state index contributed by atoms with van der Waals surface area (Å²) in [6, 6.07) is 0. The molecule has 0 atom stereocenters. The fourth-order valence-corrected chi connectivity index (χ4v) is 2.91. The predicted octanol–water partition coefficient (Wildman–Crippen LogP) is 2.85. The Morgan fingerprint density at radius 3 is 2.67 bits per heavy atom. The molecule has 1 aliphatic carbocycles. The van der Waals surface area contributed by atoms with E-state index in [9.17, 15) is 9.59 Å². The van der Waals surface area contributed by atoms with Crippen molar-refractivity contribution in [1.29, 1.82) is 0 Å². The first-order valence-corrected chi connectivity index (χ1v) is 9.95. The van der Waals surface area contributed by atoms with Gasteiger partial charge in [0.2, 0.25) is 0 Å². The number of rotatable bonds is 5. The third-order valence-electron chi connectivity index (χ3n) is 4.41. The molecule has 162 valence electrons. The zero-order valence-corrected chi connectivity index (χ0v) is 17.9. The molecular weight excluding hydrogens is 384 g/mol. The number of amides is 2. The first kappa shape index (κ1) is 22.9. The number of likely N-dealkylation sites (N-methyl/N-ethyl adjacent to an activating group) is 1. The van der Waals surface area contributed by atoms with Gasteiger partial charge >= 0.3 is 11.8 Å². The van der Waals surface area contributed by atoms with Crippen LogP contribution in [0, 0.1) is 5.92 Å². The third kappa shape index (κ3) is 6.07. The molecule has 0 aromatic carbocycles. The van der Waals surface area contributed by atoms with Gasteiger partial charge in [-0.3, -0.25) is 14.7 Å². The van der Waals surface area contributed by atoms with Gasteiger partial charge in [0.25, 0.3) is 0 Å². The van der Waals surface area contributed by atoms with Gasteiger partial charge in [-0.15, -0.1) is 0 Å². The van der Waals surface area contributed by atoms with Crippen molar-refractivity contribution in [3.8, 4) is 0 Å². The van der Waals surface area contributed by atoms with Crippen LogP contribution in [-0.2, 0) is 14.3 Å². The van der Waals surface area contributed by atoms with Gasteiger partial charge in [-0.2, -0.15) is 5.10 Å². The maximum Gasteiger partial charge on any atom is 0.314 e. The molecule has 9 heteroatoms. The molecule has 2 aromatic rings. The Bertz CT molecular complexity index is 932. The quantitative estimate of drug-likeness (QED) is 0.646. The molecule has 3 rings (SSSR count). The van der Waals surface area contributed by atoms with Gasteiger partial charge in [0, 0.05) is 13.1 Å². The third-order valence-corrected chi connectivity index (χ3v) is 4.41. The predicted molar refractivity (Wildman–Crippen MR) is 117 cm³/mol. The number of ether oxygens (including phenoxy) is 1. The highest BCUT2D eigenvalue weighted by atomic mass is 16.5. The lowest BCUT2D eigenvalue weighted by atomic mass is 10.2. The molecule has 4 N–H and O–H groups in total. The van der Waals surface area contributed by atoms with E-state index in [4.69, 9.17) is 10.5 Å². The number of hydrogen-bond donors (Lipinski definition) is 3. The fourth-order valence-electron chi connectivity index (χ4n) is 2.91. The number of carbonyl (C=O) groups is 2. The lowest BCUT2D eigenvalue weighted by Crippen LogP contribution is -2.41. The van der Waals surface area contributed by atoms with Crippen molar-refractivity contribution >= 4 is 34.2 Å². The number of anilines is 2. The number of fused-ring (bicyclic) bond motifs is 1. The number of carbonyl (C=O) groups excluding carboxylic acids is 2. The van der Waals surface area contributed by atoms with Crippen molar-refractivity contribution in [3.05, 3.63) is 36.4 Å². The van der Waals surface area contributed by atoms with Gasteiger partial charge in [0.05, 0.1) is 36.1 Å². The average molecular weight is 415 g/mol. The summed E-state index contributed by atoms with van der Waals surface area (Å²) >= 11 is 0. The van der Waals surface area contributed by atoms with E-state index in [0.717, 1.165) is 18.6 Å². The Kier molecular flexibility index (Phi) is 8.40. The number of H-pyrrole nitrogens is 1. The topological polar surface area (TPSA) is 126 Å². The molecule has 30 heavy (non-hydrogen) atoms. The zero-order valence-electron chi connectivity index (χ0n) is 17.9. The Labute approximate surface area is 176 Å². The summed E-state index contributed by atoms with van der Waals surface area (Å²) in [6.45, 7) is 6.83. The number of nitrogen functional groups attached to an aromatic ring is 1. The minimum absolute atomic E-state index is 0.286. The number of allylic oxidation sites excluding steroid dienone is 3. The van der Waals surface area contributed by atoms with Crippen LogP contribution in [0.4, 0.5) is 11.5 Å². The Hall–Kier alpha value is -3.36. The molecule has 0 aliphatic heterocycles. The average Bonchev–Trinajstić information content (AvgIpc) is 3.25. The Morgan fingerprint density at radius 2 is 2.10 bits per heavy atom. The standard InChI is InChI=1S/C14H20N6O2.C7H10O/c1-4-20(7-8(2)3)14(22)13(21)18-10-6-16-12(15)9-5-17-19-11(9)10;1-8-7-5-3-2-4-6-7/h5-6,8H,4,7H2,1-3H3,(H2,15,16)(H,17,19)(H,18,21);3,5-6H,2,4H2,1H3. The second-order valence-electron chi connectivity index (χ2n) is 7.20. The molecule has 2 amide bonds. The molecule has 0 saturated heterocycles. The van der Waals surface area contributed by atoms with E-state index in [1.165, 1.54) is 17.3 Å². The molecule has 2 aromatic heterocycles. The van der Waals surface area contributed by atoms with E-state index in [1.807, 2.05) is 26.8 Å². The zero-order chi connectivity index (χ0) is 22.1. The number of aromatic nitrogens is 3. The number of nitrogens with one attached hydrogen (secondary N) is 2. The van der Waals surface area contributed by atoms with Gasteiger partial charge in [0.15, 0.2) is 0 Å². The van der Waals surface area contributed by atoms with E-state index < -0.39 is 11.8 Å². The minimum atomic E-state index is -0.704. The van der Waals surface area contributed by atoms with Gasteiger partial charge in [-0.05, 0) is 37.8 Å². The van der Waals surface area contributed by atoms with Crippen molar-refractivity contribution in [1.82, 2.24) is 20.1 Å². The number of hydrogen-bond acceptors (Lipinski definition) is 6. The molecule has 0 saturated carbocycles. The van der Waals surface area contributed by atoms with Crippen molar-refractivity contribution in [2.24, 2.45) is 5.92 Å². The number of nitrogens with zero attached hydrogens (tertiary/aromatic N) is 3. The van der Waals surface area contributed by atoms with Crippen LogP contribution < -0.4 is 11.1 Å². The maximum atomic E-state index is 12.2. The molecule has 9 nitrogen and oxygen atoms in total. The van der Waals surface area contributed by atoms with E-state index in [0.29, 0.717) is 35.5 Å². The molecular formula is C21H30N6O3. The Morgan fingerprint density at radius 1 is 1.33 bits per heavy atom. The second-order valence-corrected chi connectivity index (χ2v) is 7.20. The molecule has 2 heterocycles. The van der Waals surface area contributed by atoms with Crippen LogP contribution in [0.15, 0.2) is 36.4 Å². The summed E-state index contributed by atoms with van der Waals surface area (Å²) in [7, 11) is 1.70. The van der Waals surface area contributed by atoms with Gasteiger partial charge in [-0.1, -0.05) is 19.9 Å². The van der Waals surface area contributed by atoms with Crippen molar-refractivity contribution in [3.63, 3.8) is 0 Å². The molecule has 0 fully saturated rings. The van der Waals surface area contributed by atoms with Crippen LogP contribution in [-0.4, -0.2) is 52.1 Å². The van der Waals surface area contributed by atoms with Crippen LogP contribution in [0.25, 0.3) is 10.9 Å². The highest BCUT2D eigenvalue weighted by Gasteiger charge is 2.22. The second kappa shape index (κ2) is 11.0. The smallest absolute Gasteiger partial charge is 0.314 e. The van der Waals surface area contributed by atoms with Gasteiger partial charge in [0.1, 0.15) is 11.6 Å². The first-order valence-electron chi connectivity index (χ1n) is 9.95. The highest BCUT2D eigenvalue weighted by Crippen LogP contribution is 2.23. The van der Waals surface area contributed by atoms with Crippen LogP contribution in [0.2, 0.25) is 0 Å². The number of nitrogens with two attached hydrogens (primary N) is 1. The molecule has 0 radical (unpaired) electrons. The number of methoxy groups -OCH3 is 1. The van der Waals surface area contributed by atoms with Crippen molar-refractivity contribution < 1.29 is 14.3 Å². The van der Waals surface area contributed by atoms with E-state index in [1.54, 1.807) is 7.11 Å². The molecule has 1 aliphatic rings. The molecule has 0 unspecified atom stereocenters. The van der Waals surface area contributed by atoms with E-state index >= 15 is 0 Å². The van der Waals surface area contributed by atoms with Gasteiger partial charge < -0.3 is 20.7 Å². The normalized spacial score (nSPS) is 12.8. The first-order chi connectivity index (χ1) is 14.4. The molecule has 0 spiro atoms. The lowest BCUT2D eigenvalue weighted by molar-refractivity contribution is -0.143. The highest BCUT2D eigenvalue weighted by molar-refractivity contribution is 6.40. The van der Waals surface area contributed by atoms with Gasteiger partial charge in [-0.25, -0.2) is 4.98 Å². The van der Waals surface area contributed by atoms with E-state index in [-0.39, 0.29) is 5.92 Å². The largest absolute Gasteiger partial charge is 0.497 e. The van der Waals surface area contributed by atoms with Crippen molar-refractivity contribution in [2.45, 2.75) is 33.6 Å². The maximum absolute atomic E-state index is 12.2. The summed E-state index contributed by atoms with van der Waals surface area (Å²) in [4.78, 5) is 29.8. The number of pyridine rings is 1. The summed E-state index contributed by atoms with van der Waals surface area (Å²) < 4.78 is 4.97. The fraction of sp³-hybridized carbons (Fsp3) is 0.429. The van der Waals surface area contributed by atoms with Crippen LogP contribution >= 0.6 is 0 Å². The monoisotopic (exact) mass is 414 g/mol. The SMILES string of the molecule is CCN(CC(C)C)C(=O)C(=O)Nc1cnc(N)c2cn[nH]c12.COC1=CCCC=C1. The Balaban J connectivity index is 0.000000335. The lowest BCUT2D eigenvalue weighted by Gasteiger charge is -2.22. The van der Waals surface area contributed by atoms with Crippen LogP contribution in [0.5, 0.6) is 0 Å². The molecule has 0 bridgehead atoms. The summed E-state index contributed by atoms with van der Waals surface area (Å²) in [5.74, 6) is 0.319. The van der Waals surface area contributed by atoms with Crippen molar-refractivity contribution in [2.75, 3.05) is 31.2 Å². The number of aromatic amines is 1. The van der Waals surface area contributed by atoms with E-state index in [2.05, 4.69) is 32.7 Å². The van der Waals surface area contributed by atoms with Crippen LogP contribution in [0.1, 0.15) is 33.6 Å². The minimum Gasteiger partial charge on any atom is -0.497 e. The summed E-state index contributed by atoms with van der Waals surface area (Å²) in [6.07, 6.45) is 11.4. The summed E-state index contributed by atoms with van der Waals surface area (Å²) in [5, 5.41) is 9.78. The van der Waals surface area contributed by atoms with Crippen LogP contribution in [0.3, 0.4) is 0 Å².